The molecule has 2 nitrogen and oxygen atoms in total. The van der Waals surface area contributed by atoms with Crippen molar-refractivity contribution in [2.45, 2.75) is 37.9 Å². The minimum Gasteiger partial charge on any atom is -0.355 e. The summed E-state index contributed by atoms with van der Waals surface area (Å²) in [6.45, 7) is 4.90. The van der Waals surface area contributed by atoms with Gasteiger partial charge in [0.15, 0.2) is 0 Å². The van der Waals surface area contributed by atoms with Crippen molar-refractivity contribution in [1.82, 2.24) is 5.32 Å². The van der Waals surface area contributed by atoms with Crippen LogP contribution in [0, 0.1) is 0 Å². The number of carbonyl (C=O) groups is 1. The molecule has 0 saturated carbocycles. The summed E-state index contributed by atoms with van der Waals surface area (Å²) >= 11 is 3.28. The number of carbonyl (C=O) groups excluding carboxylic acids is 1. The second-order valence-corrected chi connectivity index (χ2v) is 3.63. The molecule has 0 radical (unpaired) electrons. The van der Waals surface area contributed by atoms with E-state index in [1.54, 1.807) is 0 Å². The molecule has 0 aliphatic carbocycles. The predicted molar refractivity (Wildman–Crippen MR) is 50.9 cm³/mol. The van der Waals surface area contributed by atoms with E-state index in [2.05, 4.69) is 28.2 Å². The van der Waals surface area contributed by atoms with E-state index in [1.807, 2.05) is 6.92 Å². The van der Waals surface area contributed by atoms with Crippen molar-refractivity contribution in [3.63, 3.8) is 0 Å². The quantitative estimate of drug-likeness (QED) is 0.560. The fourth-order valence-electron chi connectivity index (χ4n) is 0.685. The molecule has 0 aromatic rings. The lowest BCUT2D eigenvalue weighted by atomic mass is 10.3. The molecule has 1 N–H and O–H groups in total. The standard InChI is InChI=1S/C8H16BrNO/c1-3-5-6-10-8(11)7(9)4-2/h7H,3-6H2,1-2H3,(H,10,11). The van der Waals surface area contributed by atoms with Gasteiger partial charge in [0.05, 0.1) is 4.83 Å². The summed E-state index contributed by atoms with van der Waals surface area (Å²) in [4.78, 5) is 11.1. The van der Waals surface area contributed by atoms with Gasteiger partial charge in [-0.15, -0.1) is 0 Å². The first-order valence-electron chi connectivity index (χ1n) is 4.14. The van der Waals surface area contributed by atoms with Gasteiger partial charge in [-0.2, -0.15) is 0 Å². The second kappa shape index (κ2) is 6.65. The van der Waals surface area contributed by atoms with E-state index in [1.165, 1.54) is 0 Å². The van der Waals surface area contributed by atoms with Crippen molar-refractivity contribution in [1.29, 1.82) is 0 Å². The summed E-state index contributed by atoms with van der Waals surface area (Å²) in [7, 11) is 0. The van der Waals surface area contributed by atoms with Crippen LogP contribution in [0.5, 0.6) is 0 Å². The lowest BCUT2D eigenvalue weighted by Gasteiger charge is -2.07. The van der Waals surface area contributed by atoms with E-state index >= 15 is 0 Å². The van der Waals surface area contributed by atoms with Crippen molar-refractivity contribution in [2.24, 2.45) is 0 Å². The molecular formula is C8H16BrNO. The Morgan fingerprint density at radius 1 is 1.55 bits per heavy atom. The number of rotatable bonds is 5. The summed E-state index contributed by atoms with van der Waals surface area (Å²) < 4.78 is 0. The van der Waals surface area contributed by atoms with Crippen LogP contribution < -0.4 is 5.32 Å². The zero-order chi connectivity index (χ0) is 8.69. The third kappa shape index (κ3) is 5.24. The van der Waals surface area contributed by atoms with Crippen LogP contribution in [0.1, 0.15) is 33.1 Å². The molecular weight excluding hydrogens is 206 g/mol. The maximum absolute atomic E-state index is 11.1. The molecule has 0 aromatic heterocycles. The first kappa shape index (κ1) is 11.0. The van der Waals surface area contributed by atoms with Crippen LogP contribution in [0.3, 0.4) is 0 Å². The van der Waals surface area contributed by atoms with E-state index in [4.69, 9.17) is 0 Å². The molecule has 66 valence electrons. The van der Waals surface area contributed by atoms with Crippen LogP contribution in [0.15, 0.2) is 0 Å². The van der Waals surface area contributed by atoms with Gasteiger partial charge in [0.2, 0.25) is 5.91 Å². The fourth-order valence-corrected chi connectivity index (χ4v) is 0.846. The number of nitrogens with one attached hydrogen (secondary N) is 1. The summed E-state index contributed by atoms with van der Waals surface area (Å²) in [6.07, 6.45) is 3.03. The molecule has 0 heterocycles. The molecule has 0 bridgehead atoms. The molecule has 1 amide bonds. The fraction of sp³-hybridized carbons (Fsp3) is 0.875. The number of hydrogen-bond donors (Lipinski definition) is 1. The van der Waals surface area contributed by atoms with Gasteiger partial charge in [0.25, 0.3) is 0 Å². The Bertz CT molecular complexity index is 117. The number of halogens is 1. The number of unbranched alkanes of at least 4 members (excludes halogenated alkanes) is 1. The number of hydrogen-bond acceptors (Lipinski definition) is 1. The molecule has 0 rings (SSSR count). The van der Waals surface area contributed by atoms with Gasteiger partial charge in [-0.1, -0.05) is 36.2 Å². The van der Waals surface area contributed by atoms with Crippen LogP contribution in [-0.2, 0) is 4.79 Å². The smallest absolute Gasteiger partial charge is 0.233 e. The molecule has 0 fully saturated rings. The highest BCUT2D eigenvalue weighted by Gasteiger charge is 2.09. The van der Waals surface area contributed by atoms with Gasteiger partial charge >= 0.3 is 0 Å². The molecule has 0 aliphatic rings. The van der Waals surface area contributed by atoms with Crippen molar-refractivity contribution in [3.8, 4) is 0 Å². The lowest BCUT2D eigenvalue weighted by Crippen LogP contribution is -2.31. The molecule has 0 saturated heterocycles. The van der Waals surface area contributed by atoms with E-state index in [0.717, 1.165) is 25.8 Å². The maximum Gasteiger partial charge on any atom is 0.233 e. The second-order valence-electron chi connectivity index (χ2n) is 2.52. The molecule has 3 heteroatoms. The van der Waals surface area contributed by atoms with Crippen LogP contribution in [0.2, 0.25) is 0 Å². The number of amides is 1. The maximum atomic E-state index is 11.1. The molecule has 1 atom stereocenters. The minimum absolute atomic E-state index is 0.0145. The number of alkyl halides is 1. The van der Waals surface area contributed by atoms with E-state index in [-0.39, 0.29) is 10.7 Å². The molecule has 0 aliphatic heterocycles. The zero-order valence-electron chi connectivity index (χ0n) is 7.19. The van der Waals surface area contributed by atoms with Crippen LogP contribution in [0.4, 0.5) is 0 Å². The Morgan fingerprint density at radius 2 is 2.18 bits per heavy atom. The van der Waals surface area contributed by atoms with Crippen LogP contribution >= 0.6 is 15.9 Å². The van der Waals surface area contributed by atoms with Gasteiger partial charge in [-0.25, -0.2) is 0 Å². The Morgan fingerprint density at radius 3 is 2.64 bits per heavy atom. The first-order valence-corrected chi connectivity index (χ1v) is 5.05. The lowest BCUT2D eigenvalue weighted by molar-refractivity contribution is -0.120. The predicted octanol–water partition coefficient (Wildman–Crippen LogP) is 2.08. The topological polar surface area (TPSA) is 29.1 Å². The third-order valence-corrected chi connectivity index (χ3v) is 2.54. The summed E-state index contributed by atoms with van der Waals surface area (Å²) in [5, 5.41) is 2.85. The molecule has 0 spiro atoms. The van der Waals surface area contributed by atoms with Crippen LogP contribution in [0.25, 0.3) is 0 Å². The Labute approximate surface area is 76.9 Å². The van der Waals surface area contributed by atoms with Crippen LogP contribution in [-0.4, -0.2) is 17.3 Å². The van der Waals surface area contributed by atoms with Gasteiger partial charge in [-0.3, -0.25) is 4.79 Å². The summed E-state index contributed by atoms with van der Waals surface area (Å²) in [6, 6.07) is 0. The van der Waals surface area contributed by atoms with Gasteiger partial charge in [0.1, 0.15) is 0 Å². The van der Waals surface area contributed by atoms with E-state index in [0.29, 0.717) is 0 Å². The van der Waals surface area contributed by atoms with Gasteiger partial charge < -0.3 is 5.32 Å². The molecule has 0 aromatic carbocycles. The highest BCUT2D eigenvalue weighted by atomic mass is 79.9. The normalized spacial score (nSPS) is 12.6. The zero-order valence-corrected chi connectivity index (χ0v) is 8.78. The van der Waals surface area contributed by atoms with E-state index < -0.39 is 0 Å². The van der Waals surface area contributed by atoms with Gasteiger partial charge in [0, 0.05) is 6.54 Å². The van der Waals surface area contributed by atoms with Crippen molar-refractivity contribution in [3.05, 3.63) is 0 Å². The average Bonchev–Trinajstić information content (AvgIpc) is 2.03. The molecule has 11 heavy (non-hydrogen) atoms. The largest absolute Gasteiger partial charge is 0.355 e. The Kier molecular flexibility index (Phi) is 6.62. The third-order valence-electron chi connectivity index (χ3n) is 1.47. The van der Waals surface area contributed by atoms with Crippen molar-refractivity contribution >= 4 is 21.8 Å². The highest BCUT2D eigenvalue weighted by Crippen LogP contribution is 2.03. The Balaban J connectivity index is 3.36. The summed E-state index contributed by atoms with van der Waals surface area (Å²) in [5.74, 6) is 0.112. The van der Waals surface area contributed by atoms with Crippen molar-refractivity contribution in [2.75, 3.05) is 6.54 Å². The SMILES string of the molecule is CCCCNC(=O)C(Br)CC. The highest BCUT2D eigenvalue weighted by molar-refractivity contribution is 9.10. The monoisotopic (exact) mass is 221 g/mol. The van der Waals surface area contributed by atoms with Gasteiger partial charge in [-0.05, 0) is 12.8 Å². The molecule has 1 unspecified atom stereocenters. The Hall–Kier alpha value is -0.0500. The average molecular weight is 222 g/mol. The van der Waals surface area contributed by atoms with Crippen molar-refractivity contribution < 1.29 is 4.79 Å². The van der Waals surface area contributed by atoms with E-state index in [9.17, 15) is 4.79 Å². The summed E-state index contributed by atoms with van der Waals surface area (Å²) in [5.41, 5.74) is 0. The minimum atomic E-state index is -0.0145. The first-order chi connectivity index (χ1) is 5.22.